The van der Waals surface area contributed by atoms with E-state index in [4.69, 9.17) is 4.74 Å². The zero-order chi connectivity index (χ0) is 23.1. The molecule has 0 aliphatic carbocycles. The molecule has 1 amide bonds. The van der Waals surface area contributed by atoms with Crippen LogP contribution in [0, 0.1) is 11.6 Å². The summed E-state index contributed by atoms with van der Waals surface area (Å²) in [5.41, 5.74) is 1.12. The van der Waals surface area contributed by atoms with Crippen LogP contribution >= 0.6 is 11.8 Å². The molecule has 0 saturated heterocycles. The van der Waals surface area contributed by atoms with E-state index in [-0.39, 0.29) is 18.7 Å². The zero-order valence-electron chi connectivity index (χ0n) is 17.5. The molecule has 7 nitrogen and oxygen atoms in total. The Bertz CT molecular complexity index is 1090. The molecule has 3 aromatic rings. The zero-order valence-corrected chi connectivity index (χ0v) is 18.4. The van der Waals surface area contributed by atoms with E-state index in [9.17, 15) is 18.4 Å². The largest absolute Gasteiger partial charge is 0.466 e. The Labute approximate surface area is 188 Å². The van der Waals surface area contributed by atoms with Gasteiger partial charge in [-0.05, 0) is 31.5 Å². The van der Waals surface area contributed by atoms with E-state index in [1.165, 1.54) is 6.07 Å². The summed E-state index contributed by atoms with van der Waals surface area (Å²) in [6.07, 6.45) is -0.0519. The fraction of sp³-hybridized carbons (Fsp3) is 0.273. The fourth-order valence-electron chi connectivity index (χ4n) is 2.83. The van der Waals surface area contributed by atoms with Crippen LogP contribution in [0.4, 0.5) is 14.5 Å². The lowest BCUT2D eigenvalue weighted by Crippen LogP contribution is -2.23. The van der Waals surface area contributed by atoms with E-state index in [2.05, 4.69) is 15.5 Å². The van der Waals surface area contributed by atoms with Crippen LogP contribution in [0.1, 0.15) is 25.2 Å². The number of rotatable bonds is 9. The molecule has 168 valence electrons. The molecule has 0 saturated carbocycles. The summed E-state index contributed by atoms with van der Waals surface area (Å²) in [7, 11) is 0. The molecule has 1 atom stereocenters. The number of thioether (sulfide) groups is 1. The highest BCUT2D eigenvalue weighted by atomic mass is 32.2. The number of hydrogen-bond donors (Lipinski definition) is 1. The number of anilines is 1. The molecule has 1 N–H and O–H groups in total. The number of amides is 1. The van der Waals surface area contributed by atoms with Gasteiger partial charge in [0.2, 0.25) is 5.91 Å². The second-order valence-corrected chi connectivity index (χ2v) is 8.14. The van der Waals surface area contributed by atoms with E-state index in [1.54, 1.807) is 18.4 Å². The van der Waals surface area contributed by atoms with Crippen LogP contribution in [0.5, 0.6) is 0 Å². The second kappa shape index (κ2) is 10.9. The highest BCUT2D eigenvalue weighted by Gasteiger charge is 2.22. The summed E-state index contributed by atoms with van der Waals surface area (Å²) in [5.74, 6) is -2.46. The maximum atomic E-state index is 13.4. The van der Waals surface area contributed by atoms with Gasteiger partial charge in [-0.2, -0.15) is 0 Å². The van der Waals surface area contributed by atoms with Gasteiger partial charge in [0, 0.05) is 11.8 Å². The molecule has 1 heterocycles. The predicted octanol–water partition coefficient (Wildman–Crippen LogP) is 3.83. The van der Waals surface area contributed by atoms with E-state index in [0.717, 1.165) is 29.5 Å². The van der Waals surface area contributed by atoms with Crippen LogP contribution in [-0.4, -0.2) is 38.5 Å². The van der Waals surface area contributed by atoms with Gasteiger partial charge in [0.25, 0.3) is 0 Å². The molecular weight excluding hydrogens is 438 g/mol. The molecule has 0 aliphatic rings. The average Bonchev–Trinajstić information content (AvgIpc) is 3.12. The van der Waals surface area contributed by atoms with Gasteiger partial charge in [0.05, 0.1) is 18.4 Å². The second-order valence-electron chi connectivity index (χ2n) is 6.83. The number of carbonyl (C=O) groups is 2. The minimum Gasteiger partial charge on any atom is -0.466 e. The maximum Gasteiger partial charge on any atom is 0.313 e. The summed E-state index contributed by atoms with van der Waals surface area (Å²) in [4.78, 5) is 24.6. The van der Waals surface area contributed by atoms with Crippen LogP contribution in [0.2, 0.25) is 0 Å². The number of nitrogens with zero attached hydrogens (tertiary/aromatic N) is 3. The van der Waals surface area contributed by atoms with Gasteiger partial charge >= 0.3 is 5.97 Å². The lowest BCUT2D eigenvalue weighted by Gasteiger charge is -2.14. The van der Waals surface area contributed by atoms with Gasteiger partial charge in [-0.25, -0.2) is 8.78 Å². The highest BCUT2D eigenvalue weighted by Crippen LogP contribution is 2.25. The predicted molar refractivity (Wildman–Crippen MR) is 116 cm³/mol. The summed E-state index contributed by atoms with van der Waals surface area (Å²) in [6.45, 7) is 4.05. The van der Waals surface area contributed by atoms with Crippen molar-refractivity contribution in [3.8, 4) is 0 Å². The molecule has 10 heteroatoms. The van der Waals surface area contributed by atoms with Gasteiger partial charge in [0.15, 0.2) is 16.8 Å². The topological polar surface area (TPSA) is 86.1 Å². The Balaban J connectivity index is 1.77. The van der Waals surface area contributed by atoms with Crippen LogP contribution < -0.4 is 5.32 Å². The van der Waals surface area contributed by atoms with E-state index >= 15 is 0 Å². The number of carbonyl (C=O) groups excluding carboxylic acids is 2. The van der Waals surface area contributed by atoms with Crippen molar-refractivity contribution in [2.24, 2.45) is 0 Å². The van der Waals surface area contributed by atoms with Gasteiger partial charge in [-0.15, -0.1) is 10.2 Å². The first-order valence-corrected chi connectivity index (χ1v) is 10.8. The van der Waals surface area contributed by atoms with E-state index in [1.807, 2.05) is 30.3 Å². The third-order valence-corrected chi connectivity index (χ3v) is 5.50. The van der Waals surface area contributed by atoms with Crippen LogP contribution in [0.25, 0.3) is 0 Å². The molecule has 32 heavy (non-hydrogen) atoms. The SMILES string of the molecule is CCOC(=O)Cc1nnc(S[C@H](C)C(=O)Nc2ccc(F)c(F)c2)n1Cc1ccccc1. The Morgan fingerprint density at radius 1 is 1.12 bits per heavy atom. The molecule has 0 aliphatic heterocycles. The van der Waals surface area contributed by atoms with Crippen molar-refractivity contribution in [2.45, 2.75) is 37.2 Å². The van der Waals surface area contributed by atoms with Crippen LogP contribution in [-0.2, 0) is 27.3 Å². The van der Waals surface area contributed by atoms with Crippen molar-refractivity contribution in [1.82, 2.24) is 14.8 Å². The number of hydrogen-bond acceptors (Lipinski definition) is 6. The molecule has 0 spiro atoms. The standard InChI is InChI=1S/C22H22F2N4O3S/c1-3-31-20(29)12-19-26-27-22(28(19)13-15-7-5-4-6-8-15)32-14(2)21(30)25-16-9-10-17(23)18(24)11-16/h4-11,14H,3,12-13H2,1-2H3,(H,25,30)/t14-/m1/s1. The van der Waals surface area contributed by atoms with Crippen molar-refractivity contribution >= 4 is 29.3 Å². The molecular formula is C22H22F2N4O3S. The third-order valence-electron chi connectivity index (χ3n) is 4.42. The monoisotopic (exact) mass is 460 g/mol. The molecule has 0 bridgehead atoms. The number of halogens is 2. The van der Waals surface area contributed by atoms with E-state index < -0.39 is 28.8 Å². The molecule has 0 radical (unpaired) electrons. The first kappa shape index (κ1) is 23.4. The lowest BCUT2D eigenvalue weighted by atomic mass is 10.2. The molecule has 2 aromatic carbocycles. The number of nitrogens with one attached hydrogen (secondary N) is 1. The maximum absolute atomic E-state index is 13.4. The quantitative estimate of drug-likeness (QED) is 0.386. The van der Waals surface area contributed by atoms with Gasteiger partial charge < -0.3 is 14.6 Å². The first-order chi connectivity index (χ1) is 15.4. The van der Waals surface area contributed by atoms with Crippen molar-refractivity contribution in [1.29, 1.82) is 0 Å². The fourth-order valence-corrected chi connectivity index (χ4v) is 3.70. The van der Waals surface area contributed by atoms with Crippen molar-refractivity contribution in [2.75, 3.05) is 11.9 Å². The first-order valence-electron chi connectivity index (χ1n) is 9.91. The number of esters is 1. The highest BCUT2D eigenvalue weighted by molar-refractivity contribution is 8.00. The summed E-state index contributed by atoms with van der Waals surface area (Å²) in [5, 5.41) is 10.7. The van der Waals surface area contributed by atoms with Crippen molar-refractivity contribution in [3.05, 3.63) is 71.6 Å². The smallest absolute Gasteiger partial charge is 0.313 e. The lowest BCUT2D eigenvalue weighted by molar-refractivity contribution is -0.142. The third kappa shape index (κ3) is 6.13. The normalized spacial score (nSPS) is 11.8. The summed E-state index contributed by atoms with van der Waals surface area (Å²) < 4.78 is 33.3. The molecule has 3 rings (SSSR count). The van der Waals surface area contributed by atoms with Crippen molar-refractivity contribution < 1.29 is 23.1 Å². The molecule has 1 aromatic heterocycles. The Morgan fingerprint density at radius 3 is 2.56 bits per heavy atom. The minimum absolute atomic E-state index is 0.0519. The van der Waals surface area contributed by atoms with Crippen LogP contribution in [0.3, 0.4) is 0 Å². The Kier molecular flexibility index (Phi) is 7.93. The Morgan fingerprint density at radius 2 is 1.88 bits per heavy atom. The van der Waals surface area contributed by atoms with Gasteiger partial charge in [-0.3, -0.25) is 9.59 Å². The average molecular weight is 461 g/mol. The Hall–Kier alpha value is -3.27. The van der Waals surface area contributed by atoms with Gasteiger partial charge in [-0.1, -0.05) is 42.1 Å². The van der Waals surface area contributed by atoms with Gasteiger partial charge in [0.1, 0.15) is 12.2 Å². The van der Waals surface area contributed by atoms with Crippen LogP contribution in [0.15, 0.2) is 53.7 Å². The number of benzene rings is 2. The van der Waals surface area contributed by atoms with E-state index in [0.29, 0.717) is 17.5 Å². The number of ether oxygens (including phenoxy) is 1. The molecule has 0 fully saturated rings. The minimum atomic E-state index is -1.05. The molecule has 0 unspecified atom stereocenters. The summed E-state index contributed by atoms with van der Waals surface area (Å²) >= 11 is 1.14. The van der Waals surface area contributed by atoms with Crippen molar-refractivity contribution in [3.63, 3.8) is 0 Å². The number of aromatic nitrogens is 3. The summed E-state index contributed by atoms with van der Waals surface area (Å²) in [6, 6.07) is 12.7.